The molecule has 13 heavy (non-hydrogen) atoms. The predicted octanol–water partition coefficient (Wildman–Crippen LogP) is 1.67. The maximum Gasteiger partial charge on any atom is 0.147 e. The quantitative estimate of drug-likeness (QED) is 0.706. The number of hydrogen-bond donors (Lipinski definition) is 0. The average molecular weight is 208 g/mol. The van der Waals surface area contributed by atoms with Crippen molar-refractivity contribution >= 4 is 15.6 Å². The van der Waals surface area contributed by atoms with Crippen LogP contribution in [-0.2, 0) is 14.6 Å². The van der Waals surface area contributed by atoms with Gasteiger partial charge in [0.2, 0.25) is 0 Å². The van der Waals surface area contributed by atoms with E-state index in [0.29, 0.717) is 6.42 Å². The topological polar surface area (TPSA) is 51.2 Å². The summed E-state index contributed by atoms with van der Waals surface area (Å²) >= 11 is 0. The van der Waals surface area contributed by atoms with E-state index in [-0.39, 0.29) is 17.5 Å². The van der Waals surface area contributed by atoms with Crippen molar-refractivity contribution in [1.82, 2.24) is 0 Å². The molecular weight excluding hydrogens is 188 g/mol. The second-order valence-corrected chi connectivity index (χ2v) is 5.19. The zero-order chi connectivity index (χ0) is 11.1. The molecule has 1 atom stereocenters. The monoisotopic (exact) mass is 208 g/mol. The molecule has 0 aliphatic rings. The van der Waals surface area contributed by atoms with E-state index in [4.69, 9.17) is 0 Å². The number of Topliss-reactive ketones (excluding diaryl/α,β-unsaturated/α-hetero) is 1. The highest BCUT2D eigenvalue weighted by molar-refractivity contribution is 7.90. The van der Waals surface area contributed by atoms with Crippen molar-refractivity contribution in [1.29, 1.82) is 0 Å². The molecule has 0 bridgehead atoms. The fourth-order valence-electron chi connectivity index (χ4n) is 0.594. The molecule has 0 aliphatic carbocycles. The molecule has 0 fully saturated rings. The smallest absolute Gasteiger partial charge is 0.147 e. The van der Waals surface area contributed by atoms with E-state index < -0.39 is 9.84 Å². The van der Waals surface area contributed by atoms with Gasteiger partial charge in [0.15, 0.2) is 0 Å². The van der Waals surface area contributed by atoms with Gasteiger partial charge in [-0.15, -0.1) is 0 Å². The largest absolute Gasteiger partial charge is 0.300 e. The van der Waals surface area contributed by atoms with Crippen LogP contribution in [0.5, 0.6) is 0 Å². The summed E-state index contributed by atoms with van der Waals surface area (Å²) in [7, 11) is -2.90. The molecule has 0 aromatic carbocycles. The van der Waals surface area contributed by atoms with Crippen molar-refractivity contribution in [3.05, 3.63) is 0 Å². The fourth-order valence-corrected chi connectivity index (χ4v) is 1.38. The second kappa shape index (κ2) is 7.06. The first-order valence-electron chi connectivity index (χ1n) is 4.51. The highest BCUT2D eigenvalue weighted by atomic mass is 32.2. The van der Waals surface area contributed by atoms with E-state index in [1.54, 1.807) is 6.92 Å². The Bertz CT molecular complexity index is 229. The summed E-state index contributed by atoms with van der Waals surface area (Å²) in [6.07, 6.45) is 1.62. The predicted molar refractivity (Wildman–Crippen MR) is 55.5 cm³/mol. The van der Waals surface area contributed by atoms with Crippen LogP contribution in [0.2, 0.25) is 0 Å². The molecule has 0 N–H and O–H groups in total. The highest BCUT2D eigenvalue weighted by Crippen LogP contribution is 2.04. The standard InChI is InChI=1S/C7H14O3S.C2H6/c1-6(7(2)8)4-5-11(3,9)10;1-2/h6H,4-5H2,1-3H3;1-2H3. The Kier molecular flexibility index (Phi) is 8.21. The lowest BCUT2D eigenvalue weighted by Gasteiger charge is -2.04. The molecule has 0 amide bonds. The second-order valence-electron chi connectivity index (χ2n) is 2.93. The van der Waals surface area contributed by atoms with Crippen molar-refractivity contribution in [2.24, 2.45) is 5.92 Å². The first-order chi connectivity index (χ1) is 5.83. The Morgan fingerprint density at radius 2 is 1.69 bits per heavy atom. The van der Waals surface area contributed by atoms with Crippen LogP contribution in [0.1, 0.15) is 34.1 Å². The van der Waals surface area contributed by atoms with Crippen molar-refractivity contribution in [3.63, 3.8) is 0 Å². The molecule has 80 valence electrons. The Balaban J connectivity index is 0. The molecule has 0 radical (unpaired) electrons. The zero-order valence-electron chi connectivity index (χ0n) is 9.12. The van der Waals surface area contributed by atoms with Crippen molar-refractivity contribution in [2.45, 2.75) is 34.1 Å². The molecule has 0 rings (SSSR count). The number of sulfone groups is 1. The van der Waals surface area contributed by atoms with Gasteiger partial charge in [0.05, 0.1) is 5.75 Å². The van der Waals surface area contributed by atoms with Gasteiger partial charge in [-0.05, 0) is 13.3 Å². The van der Waals surface area contributed by atoms with E-state index in [9.17, 15) is 13.2 Å². The molecule has 0 saturated heterocycles. The molecule has 0 aromatic rings. The van der Waals surface area contributed by atoms with Crippen LogP contribution in [0.15, 0.2) is 0 Å². The summed E-state index contributed by atoms with van der Waals surface area (Å²) in [5.74, 6) is 0.0201. The Morgan fingerprint density at radius 1 is 1.31 bits per heavy atom. The van der Waals surface area contributed by atoms with Gasteiger partial charge in [0.25, 0.3) is 0 Å². The van der Waals surface area contributed by atoms with Gasteiger partial charge in [-0.1, -0.05) is 20.8 Å². The number of hydrogen-bond acceptors (Lipinski definition) is 3. The highest BCUT2D eigenvalue weighted by Gasteiger charge is 2.10. The Labute approximate surface area is 81.5 Å². The van der Waals surface area contributed by atoms with E-state index >= 15 is 0 Å². The molecule has 0 aromatic heterocycles. The fraction of sp³-hybridized carbons (Fsp3) is 0.889. The summed E-state index contributed by atoms with van der Waals surface area (Å²) in [4.78, 5) is 10.7. The van der Waals surface area contributed by atoms with Crippen LogP contribution in [0.3, 0.4) is 0 Å². The maximum absolute atomic E-state index is 10.7. The Morgan fingerprint density at radius 3 is 1.92 bits per heavy atom. The van der Waals surface area contributed by atoms with Gasteiger partial charge < -0.3 is 0 Å². The van der Waals surface area contributed by atoms with E-state index in [0.717, 1.165) is 0 Å². The minimum Gasteiger partial charge on any atom is -0.300 e. The van der Waals surface area contributed by atoms with E-state index in [1.165, 1.54) is 13.2 Å². The summed E-state index contributed by atoms with van der Waals surface area (Å²) < 4.78 is 21.3. The summed E-state index contributed by atoms with van der Waals surface area (Å²) in [6.45, 7) is 7.22. The van der Waals surface area contributed by atoms with Gasteiger partial charge in [0, 0.05) is 12.2 Å². The molecule has 0 heterocycles. The lowest BCUT2D eigenvalue weighted by Crippen LogP contribution is -2.12. The lowest BCUT2D eigenvalue weighted by atomic mass is 10.1. The van der Waals surface area contributed by atoms with Crippen LogP contribution in [-0.4, -0.2) is 26.2 Å². The van der Waals surface area contributed by atoms with Gasteiger partial charge in [-0.3, -0.25) is 4.79 Å². The third-order valence-corrected chi connectivity index (χ3v) is 2.59. The molecule has 1 unspecified atom stereocenters. The molecule has 0 saturated carbocycles. The SMILES string of the molecule is CC.CC(=O)C(C)CCS(C)(=O)=O. The Hall–Kier alpha value is -0.380. The minimum absolute atomic E-state index is 0.0497. The van der Waals surface area contributed by atoms with Crippen LogP contribution in [0, 0.1) is 5.92 Å². The van der Waals surface area contributed by atoms with Crippen molar-refractivity contribution in [2.75, 3.05) is 12.0 Å². The molecule has 0 spiro atoms. The van der Waals surface area contributed by atoms with Crippen LogP contribution < -0.4 is 0 Å². The van der Waals surface area contributed by atoms with Gasteiger partial charge in [-0.25, -0.2) is 8.42 Å². The number of rotatable bonds is 4. The minimum atomic E-state index is -2.90. The number of carbonyl (C=O) groups excluding carboxylic acids is 1. The van der Waals surface area contributed by atoms with E-state index in [2.05, 4.69) is 0 Å². The van der Waals surface area contributed by atoms with Crippen LogP contribution in [0.4, 0.5) is 0 Å². The van der Waals surface area contributed by atoms with Crippen LogP contribution >= 0.6 is 0 Å². The summed E-state index contributed by atoms with van der Waals surface area (Å²) in [6, 6.07) is 0. The van der Waals surface area contributed by atoms with E-state index in [1.807, 2.05) is 13.8 Å². The molecule has 3 nitrogen and oxygen atoms in total. The van der Waals surface area contributed by atoms with Crippen molar-refractivity contribution in [3.8, 4) is 0 Å². The normalized spacial score (nSPS) is 12.7. The molecule has 4 heteroatoms. The van der Waals surface area contributed by atoms with Crippen molar-refractivity contribution < 1.29 is 13.2 Å². The molecule has 0 aliphatic heterocycles. The van der Waals surface area contributed by atoms with Gasteiger partial charge in [-0.2, -0.15) is 0 Å². The number of ketones is 1. The lowest BCUT2D eigenvalue weighted by molar-refractivity contribution is -0.120. The van der Waals surface area contributed by atoms with Gasteiger partial charge >= 0.3 is 0 Å². The number of carbonyl (C=O) groups is 1. The average Bonchev–Trinajstić information content (AvgIpc) is 2.02. The van der Waals surface area contributed by atoms with Crippen LogP contribution in [0.25, 0.3) is 0 Å². The van der Waals surface area contributed by atoms with Gasteiger partial charge in [0.1, 0.15) is 15.6 Å². The third-order valence-electron chi connectivity index (χ3n) is 1.62. The first kappa shape index (κ1) is 15.1. The first-order valence-corrected chi connectivity index (χ1v) is 6.57. The maximum atomic E-state index is 10.7. The summed E-state index contributed by atoms with van der Waals surface area (Å²) in [5.41, 5.74) is 0. The zero-order valence-corrected chi connectivity index (χ0v) is 9.94. The third kappa shape index (κ3) is 11.6. The molecular formula is C9H20O3S. The summed E-state index contributed by atoms with van der Waals surface area (Å²) in [5, 5.41) is 0.